The predicted molar refractivity (Wildman–Crippen MR) is 69.7 cm³/mol. The third-order valence-corrected chi connectivity index (χ3v) is 2.75. The Morgan fingerprint density at radius 2 is 1.79 bits per heavy atom. The van der Waals surface area contributed by atoms with Crippen molar-refractivity contribution in [1.29, 1.82) is 5.26 Å². The fraction of sp³-hybridized carbons (Fsp3) is 0.133. The average Bonchev–Trinajstić information content (AvgIpc) is 2.42. The van der Waals surface area contributed by atoms with Crippen molar-refractivity contribution in [1.82, 2.24) is 0 Å². The fourth-order valence-electron chi connectivity index (χ4n) is 1.73. The summed E-state index contributed by atoms with van der Waals surface area (Å²) in [5.41, 5.74) is 1.93. The van der Waals surface area contributed by atoms with Crippen LogP contribution in [0.2, 0.25) is 0 Å². The van der Waals surface area contributed by atoms with E-state index in [9.17, 15) is 8.78 Å². The molecular weight excluding hydrogens is 246 g/mol. The topological polar surface area (TPSA) is 35.8 Å². The van der Waals surface area contributed by atoms with E-state index in [1.807, 2.05) is 6.07 Å². The molecule has 0 radical (unpaired) electrons. The van der Waals surface area contributed by atoms with Gasteiger partial charge in [-0.15, -0.1) is 0 Å². The molecular formula is C15H12F2N2. The summed E-state index contributed by atoms with van der Waals surface area (Å²) < 4.78 is 26.1. The molecule has 0 saturated heterocycles. The van der Waals surface area contributed by atoms with Crippen molar-refractivity contribution < 1.29 is 8.78 Å². The second-order valence-electron chi connectivity index (χ2n) is 4.10. The molecule has 96 valence electrons. The molecule has 0 atom stereocenters. The normalized spacial score (nSPS) is 9.95. The summed E-state index contributed by atoms with van der Waals surface area (Å²) in [6, 6.07) is 12.6. The van der Waals surface area contributed by atoms with Gasteiger partial charge in [-0.3, -0.25) is 0 Å². The highest BCUT2D eigenvalue weighted by atomic mass is 19.1. The van der Waals surface area contributed by atoms with Gasteiger partial charge in [-0.1, -0.05) is 6.07 Å². The van der Waals surface area contributed by atoms with Gasteiger partial charge in [-0.25, -0.2) is 8.78 Å². The minimum Gasteiger partial charge on any atom is -0.385 e. The maximum Gasteiger partial charge on any atom is 0.129 e. The molecule has 0 bridgehead atoms. The molecule has 0 saturated carbocycles. The number of nitrogens with zero attached hydrogens (tertiary/aromatic N) is 1. The maximum absolute atomic E-state index is 13.4. The number of halogens is 2. The summed E-state index contributed by atoms with van der Waals surface area (Å²) >= 11 is 0. The molecule has 2 aromatic carbocycles. The van der Waals surface area contributed by atoms with E-state index in [-0.39, 0.29) is 0 Å². The zero-order chi connectivity index (χ0) is 13.7. The first-order valence-corrected chi connectivity index (χ1v) is 5.87. The summed E-state index contributed by atoms with van der Waals surface area (Å²) in [7, 11) is 0. The smallest absolute Gasteiger partial charge is 0.129 e. The van der Waals surface area contributed by atoms with Crippen LogP contribution in [-0.2, 0) is 6.42 Å². The SMILES string of the molecule is N#Cc1ccc(NCCc2ccc(F)cc2F)cc1. The van der Waals surface area contributed by atoms with Gasteiger partial charge < -0.3 is 5.32 Å². The molecule has 1 N–H and O–H groups in total. The summed E-state index contributed by atoms with van der Waals surface area (Å²) in [6.07, 6.45) is 0.464. The van der Waals surface area contributed by atoms with Crippen molar-refractivity contribution in [3.05, 3.63) is 65.2 Å². The number of anilines is 1. The van der Waals surface area contributed by atoms with Crippen molar-refractivity contribution in [3.8, 4) is 6.07 Å². The Balaban J connectivity index is 1.91. The number of rotatable bonds is 4. The van der Waals surface area contributed by atoms with E-state index in [1.54, 1.807) is 24.3 Å². The van der Waals surface area contributed by atoms with Crippen LogP contribution in [0, 0.1) is 23.0 Å². The van der Waals surface area contributed by atoms with E-state index in [2.05, 4.69) is 5.32 Å². The highest BCUT2D eigenvalue weighted by Gasteiger charge is 2.03. The molecule has 0 heterocycles. The Bertz CT molecular complexity index is 601. The second kappa shape index (κ2) is 5.96. The first kappa shape index (κ1) is 13.0. The first-order chi connectivity index (χ1) is 9.19. The Hall–Kier alpha value is -2.41. The molecule has 4 heteroatoms. The molecule has 0 spiro atoms. The van der Waals surface area contributed by atoms with Crippen molar-refractivity contribution in [2.75, 3.05) is 11.9 Å². The van der Waals surface area contributed by atoms with Crippen LogP contribution in [0.25, 0.3) is 0 Å². The molecule has 0 fully saturated rings. The van der Waals surface area contributed by atoms with E-state index in [4.69, 9.17) is 5.26 Å². The number of nitriles is 1. The number of hydrogen-bond donors (Lipinski definition) is 1. The molecule has 19 heavy (non-hydrogen) atoms. The summed E-state index contributed by atoms with van der Waals surface area (Å²) in [4.78, 5) is 0. The lowest BCUT2D eigenvalue weighted by Crippen LogP contribution is -2.06. The van der Waals surface area contributed by atoms with Gasteiger partial charge in [0, 0.05) is 18.3 Å². The number of hydrogen-bond acceptors (Lipinski definition) is 2. The summed E-state index contributed by atoms with van der Waals surface area (Å²) in [5.74, 6) is -1.09. The van der Waals surface area contributed by atoms with Gasteiger partial charge in [-0.2, -0.15) is 5.26 Å². The van der Waals surface area contributed by atoms with Gasteiger partial charge in [0.15, 0.2) is 0 Å². The van der Waals surface area contributed by atoms with E-state index in [1.165, 1.54) is 12.1 Å². The lowest BCUT2D eigenvalue weighted by atomic mass is 10.1. The Kier molecular flexibility index (Phi) is 4.09. The quantitative estimate of drug-likeness (QED) is 0.911. The van der Waals surface area contributed by atoms with Gasteiger partial charge in [0.25, 0.3) is 0 Å². The van der Waals surface area contributed by atoms with E-state index >= 15 is 0 Å². The van der Waals surface area contributed by atoms with Crippen molar-refractivity contribution in [2.24, 2.45) is 0 Å². The van der Waals surface area contributed by atoms with Crippen molar-refractivity contribution >= 4 is 5.69 Å². The number of benzene rings is 2. The summed E-state index contributed by atoms with van der Waals surface area (Å²) in [6.45, 7) is 0.536. The van der Waals surface area contributed by atoms with Crippen molar-refractivity contribution in [3.63, 3.8) is 0 Å². The Morgan fingerprint density at radius 3 is 2.42 bits per heavy atom. The molecule has 2 aromatic rings. The molecule has 2 nitrogen and oxygen atoms in total. The van der Waals surface area contributed by atoms with Crippen LogP contribution in [0.1, 0.15) is 11.1 Å². The number of nitrogens with one attached hydrogen (secondary N) is 1. The lowest BCUT2D eigenvalue weighted by molar-refractivity contribution is 0.572. The highest BCUT2D eigenvalue weighted by molar-refractivity contribution is 5.47. The minimum atomic E-state index is -0.568. The van der Waals surface area contributed by atoms with Crippen LogP contribution < -0.4 is 5.32 Å². The molecule has 0 aliphatic rings. The monoisotopic (exact) mass is 258 g/mol. The van der Waals surface area contributed by atoms with Crippen molar-refractivity contribution in [2.45, 2.75) is 6.42 Å². The minimum absolute atomic E-state index is 0.464. The van der Waals surface area contributed by atoms with Crippen LogP contribution in [0.5, 0.6) is 0 Å². The van der Waals surface area contributed by atoms with Crippen LogP contribution in [-0.4, -0.2) is 6.54 Å². The predicted octanol–water partition coefficient (Wildman–Crippen LogP) is 3.49. The molecule has 0 amide bonds. The molecule has 0 aliphatic heterocycles. The largest absolute Gasteiger partial charge is 0.385 e. The standard InChI is InChI=1S/C15H12F2N2/c16-13-4-3-12(15(17)9-13)7-8-19-14-5-1-11(10-18)2-6-14/h1-6,9,19H,7-8H2. The second-order valence-corrected chi connectivity index (χ2v) is 4.10. The van der Waals surface area contributed by atoms with Gasteiger partial charge in [-0.05, 0) is 42.3 Å². The highest BCUT2D eigenvalue weighted by Crippen LogP contribution is 2.12. The molecule has 0 aromatic heterocycles. The average molecular weight is 258 g/mol. The van der Waals surface area contributed by atoms with Gasteiger partial charge >= 0.3 is 0 Å². The zero-order valence-electron chi connectivity index (χ0n) is 10.2. The third kappa shape index (κ3) is 3.52. The lowest BCUT2D eigenvalue weighted by Gasteiger charge is -2.07. The zero-order valence-corrected chi connectivity index (χ0v) is 10.2. The van der Waals surface area contributed by atoms with Crippen LogP contribution in [0.3, 0.4) is 0 Å². The van der Waals surface area contributed by atoms with Crippen LogP contribution in [0.15, 0.2) is 42.5 Å². The Morgan fingerprint density at radius 1 is 1.05 bits per heavy atom. The molecule has 0 unspecified atom stereocenters. The molecule has 2 rings (SSSR count). The van der Waals surface area contributed by atoms with E-state index in [0.29, 0.717) is 24.1 Å². The first-order valence-electron chi connectivity index (χ1n) is 5.87. The summed E-state index contributed by atoms with van der Waals surface area (Å²) in [5, 5.41) is 11.8. The Labute approximate surface area is 110 Å². The van der Waals surface area contributed by atoms with Gasteiger partial charge in [0.2, 0.25) is 0 Å². The van der Waals surface area contributed by atoms with Crippen LogP contribution in [0.4, 0.5) is 14.5 Å². The van der Waals surface area contributed by atoms with Crippen LogP contribution >= 0.6 is 0 Å². The fourth-order valence-corrected chi connectivity index (χ4v) is 1.73. The van der Waals surface area contributed by atoms with Gasteiger partial charge in [0.1, 0.15) is 11.6 Å². The third-order valence-electron chi connectivity index (χ3n) is 2.75. The molecule has 0 aliphatic carbocycles. The van der Waals surface area contributed by atoms with E-state index in [0.717, 1.165) is 11.8 Å². The van der Waals surface area contributed by atoms with E-state index < -0.39 is 11.6 Å². The van der Waals surface area contributed by atoms with Gasteiger partial charge in [0.05, 0.1) is 11.6 Å². The maximum atomic E-state index is 13.4.